The van der Waals surface area contributed by atoms with Gasteiger partial charge in [-0.1, -0.05) is 0 Å². The first-order valence-corrected chi connectivity index (χ1v) is 7.05. The van der Waals surface area contributed by atoms with Crippen molar-refractivity contribution in [1.82, 2.24) is 0 Å². The topological polar surface area (TPSA) is 98.5 Å². The summed E-state index contributed by atoms with van der Waals surface area (Å²) >= 11 is 1.05. The first-order chi connectivity index (χ1) is 9.88. The van der Waals surface area contributed by atoms with Crippen LogP contribution in [0.15, 0.2) is 24.3 Å². The molecule has 6 nitrogen and oxygen atoms in total. The molecule has 1 atom stereocenters. The molecule has 0 spiro atoms. The molecule has 2 amide bonds. The molecule has 0 unspecified atom stereocenters. The fourth-order valence-corrected chi connectivity index (χ4v) is 1.94. The zero-order valence-corrected chi connectivity index (χ0v) is 12.1. The minimum absolute atomic E-state index is 0.0181. The molecule has 1 aromatic rings. The van der Waals surface area contributed by atoms with Gasteiger partial charge in [0.25, 0.3) is 5.91 Å². The third kappa shape index (κ3) is 6.75. The summed E-state index contributed by atoms with van der Waals surface area (Å²) in [6.07, 6.45) is 0. The average Bonchev–Trinajstić information content (AvgIpc) is 2.44. The third-order valence-corrected chi connectivity index (χ3v) is 3.40. The van der Waals surface area contributed by atoms with E-state index in [2.05, 4.69) is 10.1 Å². The molecule has 1 aromatic carbocycles. The molecule has 114 valence electrons. The lowest BCUT2D eigenvalue weighted by molar-refractivity contribution is -0.146. The number of carbonyl (C=O) groups excluding carboxylic acids is 3. The summed E-state index contributed by atoms with van der Waals surface area (Å²) < 4.78 is 17.3. The Bertz CT molecular complexity index is 521. The van der Waals surface area contributed by atoms with Crippen LogP contribution in [0.2, 0.25) is 0 Å². The Kier molecular flexibility index (Phi) is 6.67. The van der Waals surface area contributed by atoms with Gasteiger partial charge in [-0.3, -0.25) is 14.4 Å². The number of carbonyl (C=O) groups is 3. The molecule has 0 saturated heterocycles. The standard InChI is InChI=1S/C13H15FN2O4S/c1-8(13(19)20-6-11(15)17)21-7-12(18)16-10-4-2-9(14)3-5-10/h2-5,8H,6-7H2,1H3,(H2,15,17)(H,16,18)/t8-/m0/s1. The smallest absolute Gasteiger partial charge is 0.319 e. The maximum Gasteiger partial charge on any atom is 0.319 e. The van der Waals surface area contributed by atoms with Gasteiger partial charge < -0.3 is 15.8 Å². The molecule has 0 aliphatic rings. The van der Waals surface area contributed by atoms with Crippen LogP contribution < -0.4 is 11.1 Å². The predicted molar refractivity (Wildman–Crippen MR) is 77.1 cm³/mol. The van der Waals surface area contributed by atoms with Crippen LogP contribution in [0.3, 0.4) is 0 Å². The maximum absolute atomic E-state index is 12.7. The Morgan fingerprint density at radius 2 is 1.95 bits per heavy atom. The average molecular weight is 314 g/mol. The van der Waals surface area contributed by atoms with Gasteiger partial charge >= 0.3 is 5.97 Å². The highest BCUT2D eigenvalue weighted by Gasteiger charge is 2.17. The Labute approximate surface area is 125 Å². The zero-order valence-electron chi connectivity index (χ0n) is 11.3. The van der Waals surface area contributed by atoms with Gasteiger partial charge in [0.2, 0.25) is 5.91 Å². The lowest BCUT2D eigenvalue weighted by Gasteiger charge is -2.10. The van der Waals surface area contributed by atoms with E-state index < -0.39 is 29.6 Å². The number of ether oxygens (including phenoxy) is 1. The summed E-state index contributed by atoms with van der Waals surface area (Å²) in [5.41, 5.74) is 5.31. The largest absolute Gasteiger partial charge is 0.455 e. The Hall–Kier alpha value is -2.09. The quantitative estimate of drug-likeness (QED) is 0.729. The summed E-state index contributed by atoms with van der Waals surface area (Å²) in [5, 5.41) is 1.95. The van der Waals surface area contributed by atoms with Gasteiger partial charge in [0.05, 0.1) is 5.75 Å². The number of thioether (sulfide) groups is 1. The van der Waals surface area contributed by atoms with Crippen molar-refractivity contribution in [1.29, 1.82) is 0 Å². The normalized spacial score (nSPS) is 11.5. The molecular formula is C13H15FN2O4S. The molecule has 0 aliphatic carbocycles. The maximum atomic E-state index is 12.7. The van der Waals surface area contributed by atoms with Gasteiger partial charge in [0.1, 0.15) is 11.1 Å². The SMILES string of the molecule is C[C@H](SCC(=O)Nc1ccc(F)cc1)C(=O)OCC(N)=O. The minimum atomic E-state index is -0.741. The number of anilines is 1. The molecule has 0 saturated carbocycles. The second kappa shape index (κ2) is 8.25. The van der Waals surface area contributed by atoms with Crippen LogP contribution in [0, 0.1) is 5.82 Å². The summed E-state index contributed by atoms with van der Waals surface area (Å²) in [4.78, 5) is 33.5. The van der Waals surface area contributed by atoms with E-state index >= 15 is 0 Å². The summed E-state index contributed by atoms with van der Waals surface area (Å²) in [6.45, 7) is 1.07. The third-order valence-electron chi connectivity index (χ3n) is 2.28. The molecule has 8 heteroatoms. The summed E-state index contributed by atoms with van der Waals surface area (Å²) in [6, 6.07) is 5.32. The van der Waals surface area contributed by atoms with E-state index in [1.165, 1.54) is 24.3 Å². The number of hydrogen-bond donors (Lipinski definition) is 2. The Morgan fingerprint density at radius 3 is 2.52 bits per heavy atom. The number of amides is 2. The highest BCUT2D eigenvalue weighted by Crippen LogP contribution is 2.14. The molecule has 0 radical (unpaired) electrons. The lowest BCUT2D eigenvalue weighted by Crippen LogP contribution is -2.26. The number of hydrogen-bond acceptors (Lipinski definition) is 5. The van der Waals surface area contributed by atoms with Crippen molar-refractivity contribution >= 4 is 35.2 Å². The van der Waals surface area contributed by atoms with Crippen LogP contribution in [0.1, 0.15) is 6.92 Å². The van der Waals surface area contributed by atoms with Crippen LogP contribution in [-0.2, 0) is 19.1 Å². The first-order valence-electron chi connectivity index (χ1n) is 6.00. The molecule has 1 rings (SSSR count). The Morgan fingerprint density at radius 1 is 1.33 bits per heavy atom. The molecule has 0 bridgehead atoms. The number of nitrogens with two attached hydrogens (primary N) is 1. The summed E-state index contributed by atoms with van der Waals surface area (Å²) in [7, 11) is 0. The van der Waals surface area contributed by atoms with Gasteiger partial charge in [-0.15, -0.1) is 11.8 Å². The number of benzene rings is 1. The number of halogens is 1. The minimum Gasteiger partial charge on any atom is -0.455 e. The van der Waals surface area contributed by atoms with Gasteiger partial charge in [-0.2, -0.15) is 0 Å². The van der Waals surface area contributed by atoms with Crippen molar-refractivity contribution in [3.63, 3.8) is 0 Å². The van der Waals surface area contributed by atoms with Crippen molar-refractivity contribution in [2.24, 2.45) is 5.73 Å². The van der Waals surface area contributed by atoms with E-state index in [1.54, 1.807) is 6.92 Å². The predicted octanol–water partition coefficient (Wildman–Crippen LogP) is 0.914. The monoisotopic (exact) mass is 314 g/mol. The molecule has 0 fully saturated rings. The van der Waals surface area contributed by atoms with E-state index in [1.807, 2.05) is 0 Å². The second-order valence-electron chi connectivity index (χ2n) is 4.08. The number of esters is 1. The van der Waals surface area contributed by atoms with E-state index in [4.69, 9.17) is 5.73 Å². The summed E-state index contributed by atoms with van der Waals surface area (Å²) in [5.74, 6) is -2.07. The molecule has 21 heavy (non-hydrogen) atoms. The van der Waals surface area contributed by atoms with Gasteiger partial charge in [0, 0.05) is 5.69 Å². The van der Waals surface area contributed by atoms with Crippen molar-refractivity contribution in [3.8, 4) is 0 Å². The molecule has 0 aliphatic heterocycles. The highest BCUT2D eigenvalue weighted by molar-refractivity contribution is 8.01. The van der Waals surface area contributed by atoms with Crippen LogP contribution >= 0.6 is 11.8 Å². The van der Waals surface area contributed by atoms with Crippen molar-refractivity contribution in [2.45, 2.75) is 12.2 Å². The fourth-order valence-electron chi connectivity index (χ4n) is 1.26. The fraction of sp³-hybridized carbons (Fsp3) is 0.308. The van der Waals surface area contributed by atoms with E-state index in [0.717, 1.165) is 11.8 Å². The van der Waals surface area contributed by atoms with E-state index in [9.17, 15) is 18.8 Å². The van der Waals surface area contributed by atoms with Crippen molar-refractivity contribution in [2.75, 3.05) is 17.7 Å². The van der Waals surface area contributed by atoms with Crippen LogP contribution in [0.5, 0.6) is 0 Å². The van der Waals surface area contributed by atoms with Gasteiger partial charge in [-0.05, 0) is 31.2 Å². The van der Waals surface area contributed by atoms with Crippen LogP contribution in [0.25, 0.3) is 0 Å². The van der Waals surface area contributed by atoms with Crippen molar-refractivity contribution in [3.05, 3.63) is 30.1 Å². The van der Waals surface area contributed by atoms with Crippen LogP contribution in [-0.4, -0.2) is 35.4 Å². The van der Waals surface area contributed by atoms with E-state index in [-0.39, 0.29) is 11.7 Å². The van der Waals surface area contributed by atoms with E-state index in [0.29, 0.717) is 5.69 Å². The van der Waals surface area contributed by atoms with Crippen molar-refractivity contribution < 1.29 is 23.5 Å². The number of primary amides is 1. The highest BCUT2D eigenvalue weighted by atomic mass is 32.2. The first kappa shape index (κ1) is 17.0. The molecule has 0 aromatic heterocycles. The van der Waals surface area contributed by atoms with Gasteiger partial charge in [-0.25, -0.2) is 4.39 Å². The second-order valence-corrected chi connectivity index (χ2v) is 5.41. The molecular weight excluding hydrogens is 299 g/mol. The number of rotatable bonds is 7. The lowest BCUT2D eigenvalue weighted by atomic mass is 10.3. The number of nitrogens with one attached hydrogen (secondary N) is 1. The Balaban J connectivity index is 2.33. The van der Waals surface area contributed by atoms with Gasteiger partial charge in [0.15, 0.2) is 6.61 Å². The zero-order chi connectivity index (χ0) is 15.8. The molecule has 0 heterocycles. The van der Waals surface area contributed by atoms with Crippen LogP contribution in [0.4, 0.5) is 10.1 Å². The molecule has 3 N–H and O–H groups in total.